The second-order valence-corrected chi connectivity index (χ2v) is 8.29. The number of ketones is 1. The van der Waals surface area contributed by atoms with Crippen molar-refractivity contribution in [1.82, 2.24) is 0 Å². The van der Waals surface area contributed by atoms with Crippen LogP contribution in [0, 0.1) is 0 Å². The average molecular weight is 414 g/mol. The summed E-state index contributed by atoms with van der Waals surface area (Å²) in [5.41, 5.74) is 3.61. The Morgan fingerprint density at radius 1 is 0.655 bits per heavy atom. The number of unbranched alkanes of at least 4 members (excludes halogenated alkanes) is 14. The van der Waals surface area contributed by atoms with Crippen molar-refractivity contribution in [1.29, 1.82) is 0 Å². The average Bonchev–Trinajstić information content (AvgIpc) is 2.68. The summed E-state index contributed by atoms with van der Waals surface area (Å²) < 4.78 is 0. The largest absolute Gasteiger partial charge is 0.481 e. The molecule has 4 N–H and O–H groups in total. The van der Waals surface area contributed by atoms with E-state index in [1.54, 1.807) is 0 Å². The van der Waals surface area contributed by atoms with Crippen LogP contribution in [0.5, 0.6) is 0 Å². The van der Waals surface area contributed by atoms with Crippen LogP contribution in [-0.2, 0) is 14.4 Å². The van der Waals surface area contributed by atoms with Crippen molar-refractivity contribution in [2.45, 2.75) is 128 Å². The smallest absolute Gasteiger partial charge is 0.331 e. The fraction of sp³-hybridized carbons (Fsp3) is 0.870. The summed E-state index contributed by atoms with van der Waals surface area (Å²) in [6.45, 7) is 2.24. The Kier molecular flexibility index (Phi) is 16.6. The topological polar surface area (TPSA) is 118 Å². The molecule has 29 heavy (non-hydrogen) atoms. The number of hydrogen-bond donors (Lipinski definition) is 3. The van der Waals surface area contributed by atoms with E-state index in [0.717, 1.165) is 19.3 Å². The zero-order valence-corrected chi connectivity index (χ0v) is 18.4. The zero-order valence-electron chi connectivity index (χ0n) is 18.4. The van der Waals surface area contributed by atoms with Crippen LogP contribution in [0.3, 0.4) is 0 Å². The minimum Gasteiger partial charge on any atom is -0.481 e. The maximum atomic E-state index is 12.2. The van der Waals surface area contributed by atoms with Crippen molar-refractivity contribution in [2.24, 2.45) is 5.73 Å². The van der Waals surface area contributed by atoms with Crippen molar-refractivity contribution in [2.75, 3.05) is 0 Å². The third kappa shape index (κ3) is 14.2. The molecule has 0 fully saturated rings. The van der Waals surface area contributed by atoms with Crippen molar-refractivity contribution in [3.63, 3.8) is 0 Å². The maximum Gasteiger partial charge on any atom is 0.331 e. The van der Waals surface area contributed by atoms with Crippen molar-refractivity contribution in [3.8, 4) is 0 Å². The highest BCUT2D eigenvalue weighted by Gasteiger charge is 2.41. The summed E-state index contributed by atoms with van der Waals surface area (Å²) in [5, 5.41) is 17.9. The quantitative estimate of drug-likeness (QED) is 0.170. The first kappa shape index (κ1) is 27.6. The number of rotatable bonds is 21. The molecule has 0 aromatic rings. The molecule has 0 heterocycles. The fourth-order valence-corrected chi connectivity index (χ4v) is 3.55. The predicted molar refractivity (Wildman–Crippen MR) is 116 cm³/mol. The molecule has 0 radical (unpaired) electrons. The lowest BCUT2D eigenvalue weighted by molar-refractivity contribution is -0.149. The molecular weight excluding hydrogens is 370 g/mol. The molecule has 6 heteroatoms. The molecule has 0 aliphatic rings. The second-order valence-electron chi connectivity index (χ2n) is 8.29. The summed E-state index contributed by atoms with van der Waals surface area (Å²) >= 11 is 0. The number of carboxylic acid groups (broad SMARTS) is 2. The van der Waals surface area contributed by atoms with Crippen molar-refractivity contribution >= 4 is 17.7 Å². The van der Waals surface area contributed by atoms with Gasteiger partial charge in [-0.15, -0.1) is 0 Å². The van der Waals surface area contributed by atoms with Crippen molar-refractivity contribution in [3.05, 3.63) is 0 Å². The van der Waals surface area contributed by atoms with E-state index in [9.17, 15) is 19.5 Å². The molecule has 0 aliphatic carbocycles. The van der Waals surface area contributed by atoms with Gasteiger partial charge in [-0.3, -0.25) is 9.59 Å². The molecule has 0 aliphatic heterocycles. The molecular formula is C23H43NO5. The predicted octanol–water partition coefficient (Wildman–Crippen LogP) is 5.46. The normalized spacial score (nSPS) is 13.2. The second kappa shape index (κ2) is 17.4. The Labute approximate surface area is 176 Å². The van der Waals surface area contributed by atoms with Crippen LogP contribution in [-0.4, -0.2) is 33.5 Å². The lowest BCUT2D eigenvalue weighted by atomic mass is 9.87. The van der Waals surface area contributed by atoms with Crippen LogP contribution in [0.1, 0.15) is 122 Å². The van der Waals surface area contributed by atoms with Crippen LogP contribution in [0.25, 0.3) is 0 Å². The van der Waals surface area contributed by atoms with Gasteiger partial charge in [-0.05, 0) is 12.8 Å². The SMILES string of the molecule is CCCCCCCCCCCCCCCCCC(=O)C(N)(CCC(=O)O)C(=O)O. The van der Waals surface area contributed by atoms with Gasteiger partial charge in [0.15, 0.2) is 11.3 Å². The van der Waals surface area contributed by atoms with Gasteiger partial charge in [0.1, 0.15) is 0 Å². The van der Waals surface area contributed by atoms with Gasteiger partial charge in [-0.2, -0.15) is 0 Å². The molecule has 0 rings (SSSR count). The highest BCUT2D eigenvalue weighted by atomic mass is 16.4. The highest BCUT2D eigenvalue weighted by molar-refractivity contribution is 6.07. The van der Waals surface area contributed by atoms with Gasteiger partial charge in [0.05, 0.1) is 0 Å². The van der Waals surface area contributed by atoms with Gasteiger partial charge in [-0.25, -0.2) is 4.79 Å². The number of carbonyl (C=O) groups is 3. The molecule has 0 aromatic heterocycles. The molecule has 0 amide bonds. The van der Waals surface area contributed by atoms with Gasteiger partial charge in [0.2, 0.25) is 0 Å². The van der Waals surface area contributed by atoms with E-state index in [1.807, 2.05) is 0 Å². The van der Waals surface area contributed by atoms with Crippen LogP contribution in [0.2, 0.25) is 0 Å². The summed E-state index contributed by atoms with van der Waals surface area (Å²) in [4.78, 5) is 34.1. The molecule has 0 aromatic carbocycles. The maximum absolute atomic E-state index is 12.2. The first-order valence-electron chi connectivity index (χ1n) is 11.6. The van der Waals surface area contributed by atoms with Gasteiger partial charge in [0, 0.05) is 12.8 Å². The molecule has 6 nitrogen and oxygen atoms in total. The zero-order chi connectivity index (χ0) is 22.0. The van der Waals surface area contributed by atoms with Gasteiger partial charge < -0.3 is 15.9 Å². The third-order valence-electron chi connectivity index (χ3n) is 5.62. The molecule has 0 spiro atoms. The molecule has 1 unspecified atom stereocenters. The van der Waals surface area contributed by atoms with E-state index in [2.05, 4.69) is 6.92 Å². The first-order valence-corrected chi connectivity index (χ1v) is 11.6. The monoisotopic (exact) mass is 413 g/mol. The Morgan fingerprint density at radius 3 is 1.38 bits per heavy atom. The number of Topliss-reactive ketones (excluding diaryl/α,β-unsaturated/α-hetero) is 1. The van der Waals surface area contributed by atoms with E-state index < -0.39 is 29.7 Å². The Morgan fingerprint density at radius 2 is 1.03 bits per heavy atom. The number of aliphatic carboxylic acids is 2. The Hall–Kier alpha value is -1.43. The molecule has 0 saturated heterocycles. The van der Waals surface area contributed by atoms with Gasteiger partial charge in [-0.1, -0.05) is 96.8 Å². The molecule has 1 atom stereocenters. The number of nitrogens with two attached hydrogens (primary N) is 1. The summed E-state index contributed by atoms with van der Waals surface area (Å²) in [5.74, 6) is -3.16. The van der Waals surface area contributed by atoms with Crippen molar-refractivity contribution < 1.29 is 24.6 Å². The summed E-state index contributed by atoms with van der Waals surface area (Å²) in [6.07, 6.45) is 17.6. The van der Waals surface area contributed by atoms with Gasteiger partial charge in [0.25, 0.3) is 0 Å². The lowest BCUT2D eigenvalue weighted by Gasteiger charge is -2.22. The molecule has 0 bridgehead atoms. The lowest BCUT2D eigenvalue weighted by Crippen LogP contribution is -2.55. The fourth-order valence-electron chi connectivity index (χ4n) is 3.55. The van der Waals surface area contributed by atoms with E-state index in [0.29, 0.717) is 6.42 Å². The van der Waals surface area contributed by atoms with Gasteiger partial charge >= 0.3 is 11.9 Å². The van der Waals surface area contributed by atoms with E-state index in [4.69, 9.17) is 10.8 Å². The highest BCUT2D eigenvalue weighted by Crippen LogP contribution is 2.18. The minimum absolute atomic E-state index is 0.0979. The third-order valence-corrected chi connectivity index (χ3v) is 5.62. The summed E-state index contributed by atoms with van der Waals surface area (Å²) in [7, 11) is 0. The van der Waals surface area contributed by atoms with Crippen LogP contribution in [0.4, 0.5) is 0 Å². The van der Waals surface area contributed by atoms with E-state index in [1.165, 1.54) is 70.6 Å². The number of carboxylic acids is 2. The molecule has 170 valence electrons. The molecule has 0 saturated carbocycles. The minimum atomic E-state index is -2.08. The number of carbonyl (C=O) groups excluding carboxylic acids is 1. The number of hydrogen-bond acceptors (Lipinski definition) is 4. The van der Waals surface area contributed by atoms with Crippen LogP contribution >= 0.6 is 0 Å². The van der Waals surface area contributed by atoms with Crippen LogP contribution < -0.4 is 5.73 Å². The van der Waals surface area contributed by atoms with Crippen LogP contribution in [0.15, 0.2) is 0 Å². The Bertz CT molecular complexity index is 466. The standard InChI is InChI=1S/C23H43NO5/c1-2-3-4-5-6-7-8-9-10-11-12-13-14-15-16-17-20(25)23(24,22(28)29)19-18-21(26)27/h2-19,24H2,1H3,(H,26,27)(H,28,29). The first-order chi connectivity index (χ1) is 13.8. The van der Waals surface area contributed by atoms with E-state index >= 15 is 0 Å². The summed E-state index contributed by atoms with van der Waals surface area (Å²) in [6, 6.07) is 0. The Balaban J connectivity index is 3.62. The van der Waals surface area contributed by atoms with E-state index in [-0.39, 0.29) is 12.8 Å².